The highest BCUT2D eigenvalue weighted by atomic mass is 35.5. The number of carbonyl (C=O) groups is 1. The first kappa shape index (κ1) is 18.4. The molecule has 2 aromatic carbocycles. The number of rotatable bonds is 5. The zero-order valence-corrected chi connectivity index (χ0v) is 16.5. The molecule has 1 fully saturated rings. The molecule has 0 spiro atoms. The van der Waals surface area contributed by atoms with E-state index in [0.717, 1.165) is 17.5 Å². The Hall–Kier alpha value is -2.01. The summed E-state index contributed by atoms with van der Waals surface area (Å²) in [6, 6.07) is 14.8. The van der Waals surface area contributed by atoms with Crippen molar-refractivity contribution in [2.24, 2.45) is 5.92 Å². The van der Waals surface area contributed by atoms with Crippen LogP contribution in [0.2, 0.25) is 15.1 Å². The van der Waals surface area contributed by atoms with Crippen molar-refractivity contribution in [2.45, 2.75) is 18.9 Å². The van der Waals surface area contributed by atoms with Crippen LogP contribution in [-0.4, -0.2) is 15.7 Å². The minimum Gasteiger partial charge on any atom is -0.309 e. The number of anilines is 1. The van der Waals surface area contributed by atoms with E-state index in [-0.39, 0.29) is 17.7 Å². The molecule has 1 saturated carbocycles. The summed E-state index contributed by atoms with van der Waals surface area (Å²) in [5.41, 5.74) is 2.05. The summed E-state index contributed by atoms with van der Waals surface area (Å²) in [6.07, 6.45) is 2.65. The lowest BCUT2D eigenvalue weighted by Gasteiger charge is -2.05. The van der Waals surface area contributed by atoms with Gasteiger partial charge in [-0.25, -0.2) is 0 Å². The van der Waals surface area contributed by atoms with Gasteiger partial charge in [-0.1, -0.05) is 53.0 Å². The van der Waals surface area contributed by atoms with Crippen LogP contribution in [0.4, 0.5) is 5.82 Å². The Balaban J connectivity index is 1.37. The summed E-state index contributed by atoms with van der Waals surface area (Å²) in [5.74, 6) is 0.746. The Labute approximate surface area is 172 Å². The number of nitrogens with one attached hydrogen (secondary N) is 1. The van der Waals surface area contributed by atoms with Crippen LogP contribution in [-0.2, 0) is 11.3 Å². The maximum Gasteiger partial charge on any atom is 0.229 e. The molecule has 1 aliphatic carbocycles. The van der Waals surface area contributed by atoms with Gasteiger partial charge in [0.1, 0.15) is 0 Å². The van der Waals surface area contributed by atoms with Gasteiger partial charge < -0.3 is 5.32 Å². The summed E-state index contributed by atoms with van der Waals surface area (Å²) >= 11 is 18.0. The molecule has 0 saturated heterocycles. The average Bonchev–Trinajstić information content (AvgIpc) is 3.32. The minimum absolute atomic E-state index is 0.00951. The molecule has 3 aromatic rings. The molecular formula is C20H16Cl3N3O. The highest BCUT2D eigenvalue weighted by Gasteiger charge is 2.44. The van der Waals surface area contributed by atoms with Crippen molar-refractivity contribution in [1.82, 2.24) is 9.78 Å². The number of hydrogen-bond donors (Lipinski definition) is 1. The molecule has 2 unspecified atom stereocenters. The van der Waals surface area contributed by atoms with E-state index in [1.165, 1.54) is 0 Å². The largest absolute Gasteiger partial charge is 0.309 e. The molecule has 0 aliphatic heterocycles. The van der Waals surface area contributed by atoms with E-state index in [0.29, 0.717) is 27.4 Å². The second-order valence-corrected chi connectivity index (χ2v) is 7.90. The highest BCUT2D eigenvalue weighted by molar-refractivity contribution is 6.35. The van der Waals surface area contributed by atoms with Gasteiger partial charge >= 0.3 is 0 Å². The van der Waals surface area contributed by atoms with Crippen LogP contribution in [0.25, 0.3) is 0 Å². The van der Waals surface area contributed by atoms with Crippen LogP contribution in [0.1, 0.15) is 23.5 Å². The molecule has 4 rings (SSSR count). The number of halogens is 3. The van der Waals surface area contributed by atoms with Gasteiger partial charge in [0.2, 0.25) is 5.91 Å². The van der Waals surface area contributed by atoms with Gasteiger partial charge in [-0.05, 0) is 47.7 Å². The number of nitrogens with zero attached hydrogens (tertiary/aromatic N) is 2. The average molecular weight is 421 g/mol. The topological polar surface area (TPSA) is 46.9 Å². The summed E-state index contributed by atoms with van der Waals surface area (Å²) in [6.45, 7) is 0.503. The summed E-state index contributed by atoms with van der Waals surface area (Å²) in [4.78, 5) is 12.5. The van der Waals surface area contributed by atoms with Crippen LogP contribution in [0.15, 0.2) is 54.7 Å². The fourth-order valence-corrected chi connectivity index (χ4v) is 3.72. The van der Waals surface area contributed by atoms with Gasteiger partial charge in [-0.2, -0.15) is 5.10 Å². The number of benzene rings is 2. The minimum atomic E-state index is -0.0259. The maximum absolute atomic E-state index is 12.5. The van der Waals surface area contributed by atoms with Crippen molar-refractivity contribution < 1.29 is 4.79 Å². The number of amides is 1. The third kappa shape index (κ3) is 4.29. The van der Waals surface area contributed by atoms with Crippen LogP contribution in [0.5, 0.6) is 0 Å². The SMILES string of the molecule is O=C(Nc1ccn(Cc2ccc(Cl)cc2Cl)n1)C1CC1c1ccc(Cl)cc1. The van der Waals surface area contributed by atoms with Crippen molar-refractivity contribution in [3.8, 4) is 0 Å². The fraction of sp³-hybridized carbons (Fsp3) is 0.200. The molecular weight excluding hydrogens is 405 g/mol. The summed E-state index contributed by atoms with van der Waals surface area (Å²) in [5, 5.41) is 9.18. The Morgan fingerprint density at radius 1 is 1.07 bits per heavy atom. The lowest BCUT2D eigenvalue weighted by atomic mass is 10.1. The van der Waals surface area contributed by atoms with Crippen molar-refractivity contribution in [2.75, 3.05) is 5.32 Å². The second-order valence-electron chi connectivity index (χ2n) is 6.62. The van der Waals surface area contributed by atoms with E-state index < -0.39 is 0 Å². The second kappa shape index (κ2) is 7.55. The molecule has 1 aliphatic rings. The lowest BCUT2D eigenvalue weighted by Crippen LogP contribution is -2.15. The fourth-order valence-electron chi connectivity index (χ4n) is 3.12. The molecule has 0 radical (unpaired) electrons. The van der Waals surface area contributed by atoms with Gasteiger partial charge in [-0.3, -0.25) is 9.48 Å². The first-order chi connectivity index (χ1) is 13.0. The predicted octanol–water partition coefficient (Wildman–Crippen LogP) is 5.63. The standard InChI is InChI=1S/C20H16Cl3N3O/c21-14-4-1-12(2-5-14)16-10-17(16)20(27)24-19-7-8-26(25-19)11-13-3-6-15(22)9-18(13)23/h1-9,16-17H,10-11H2,(H,24,25,27). The highest BCUT2D eigenvalue weighted by Crippen LogP contribution is 2.48. The zero-order valence-electron chi connectivity index (χ0n) is 14.2. The number of aromatic nitrogens is 2. The molecule has 0 bridgehead atoms. The van der Waals surface area contributed by atoms with Crippen molar-refractivity contribution >= 4 is 46.5 Å². The number of carbonyl (C=O) groups excluding carboxylic acids is 1. The lowest BCUT2D eigenvalue weighted by molar-refractivity contribution is -0.117. The number of hydrogen-bond acceptors (Lipinski definition) is 2. The molecule has 4 nitrogen and oxygen atoms in total. The monoisotopic (exact) mass is 419 g/mol. The van der Waals surface area contributed by atoms with Gasteiger partial charge in [-0.15, -0.1) is 0 Å². The molecule has 7 heteroatoms. The van der Waals surface area contributed by atoms with Crippen molar-refractivity contribution in [1.29, 1.82) is 0 Å². The van der Waals surface area contributed by atoms with Crippen molar-refractivity contribution in [3.63, 3.8) is 0 Å². The van der Waals surface area contributed by atoms with E-state index in [9.17, 15) is 4.79 Å². The van der Waals surface area contributed by atoms with E-state index >= 15 is 0 Å². The van der Waals surface area contributed by atoms with Crippen molar-refractivity contribution in [3.05, 3.63) is 80.9 Å². The molecule has 1 aromatic heterocycles. The summed E-state index contributed by atoms with van der Waals surface area (Å²) in [7, 11) is 0. The zero-order chi connectivity index (χ0) is 19.0. The first-order valence-corrected chi connectivity index (χ1v) is 9.67. The van der Waals surface area contributed by atoms with Crippen LogP contribution in [0, 0.1) is 5.92 Å². The normalized spacial score (nSPS) is 18.3. The molecule has 138 valence electrons. The van der Waals surface area contributed by atoms with Crippen LogP contribution in [0.3, 0.4) is 0 Å². The third-order valence-electron chi connectivity index (χ3n) is 4.66. The molecule has 1 heterocycles. The summed E-state index contributed by atoms with van der Waals surface area (Å²) < 4.78 is 1.73. The molecule has 1 amide bonds. The third-order valence-corrected chi connectivity index (χ3v) is 5.50. The smallest absolute Gasteiger partial charge is 0.229 e. The van der Waals surface area contributed by atoms with E-state index in [1.807, 2.05) is 36.5 Å². The molecule has 2 atom stereocenters. The maximum atomic E-state index is 12.5. The van der Waals surface area contributed by atoms with E-state index in [2.05, 4.69) is 10.4 Å². The Morgan fingerprint density at radius 2 is 1.81 bits per heavy atom. The molecule has 27 heavy (non-hydrogen) atoms. The quantitative estimate of drug-likeness (QED) is 0.581. The molecule has 1 N–H and O–H groups in total. The van der Waals surface area contributed by atoms with Gasteiger partial charge in [0.15, 0.2) is 5.82 Å². The van der Waals surface area contributed by atoms with Gasteiger partial charge in [0.25, 0.3) is 0 Å². The Bertz CT molecular complexity index is 984. The van der Waals surface area contributed by atoms with E-state index in [4.69, 9.17) is 34.8 Å². The van der Waals surface area contributed by atoms with Crippen LogP contribution >= 0.6 is 34.8 Å². The Kier molecular flexibility index (Phi) is 5.13. The van der Waals surface area contributed by atoms with Crippen LogP contribution < -0.4 is 5.32 Å². The predicted molar refractivity (Wildman–Crippen MR) is 109 cm³/mol. The van der Waals surface area contributed by atoms with Gasteiger partial charge in [0, 0.05) is 33.2 Å². The van der Waals surface area contributed by atoms with E-state index in [1.54, 1.807) is 22.9 Å². The first-order valence-electron chi connectivity index (χ1n) is 8.53. The Morgan fingerprint density at radius 3 is 2.56 bits per heavy atom. The van der Waals surface area contributed by atoms with Gasteiger partial charge in [0.05, 0.1) is 6.54 Å².